The zero-order valence-corrected chi connectivity index (χ0v) is 22.6. The molecule has 2 heterocycles. The fraction of sp³-hybridized carbons (Fsp3) is 0.407. The molecule has 3 aromatic rings. The van der Waals surface area contributed by atoms with Crippen LogP contribution >= 0.6 is 11.6 Å². The summed E-state index contributed by atoms with van der Waals surface area (Å²) in [7, 11) is -2.15. The second-order valence-corrected chi connectivity index (χ2v) is 12.9. The number of halogens is 1. The number of anilines is 1. The molecule has 1 aliphatic carbocycles. The molecule has 5 rings (SSSR count). The van der Waals surface area contributed by atoms with Crippen LogP contribution in [-0.2, 0) is 31.7 Å². The number of pyridine rings is 1. The number of carbonyl (C=O) groups excluding carboxylic acids is 1. The monoisotopic (exact) mass is 543 g/mol. The van der Waals surface area contributed by atoms with Gasteiger partial charge in [-0.2, -0.15) is 4.31 Å². The lowest BCUT2D eigenvalue weighted by molar-refractivity contribution is -0.118. The molecule has 1 atom stereocenters. The Kier molecular flexibility index (Phi) is 6.57. The number of hydrogen-bond acceptors (Lipinski definition) is 6. The maximum absolute atomic E-state index is 13.7. The van der Waals surface area contributed by atoms with E-state index in [0.29, 0.717) is 34.7 Å². The fourth-order valence-corrected chi connectivity index (χ4v) is 7.01. The van der Waals surface area contributed by atoms with Gasteiger partial charge in [-0.15, -0.1) is 0 Å². The molecule has 0 spiro atoms. The summed E-state index contributed by atoms with van der Waals surface area (Å²) in [6, 6.07) is 10.7. The Morgan fingerprint density at radius 1 is 1.24 bits per heavy atom. The lowest BCUT2D eigenvalue weighted by atomic mass is 9.90. The maximum Gasteiger partial charge on any atom is 0.233 e. The largest absolute Gasteiger partial charge is 0.386 e. The molecule has 2 aliphatic rings. The van der Waals surface area contributed by atoms with Crippen LogP contribution in [0.3, 0.4) is 0 Å². The van der Waals surface area contributed by atoms with Crippen LogP contribution in [0, 0.1) is 0 Å². The second kappa shape index (κ2) is 9.32. The van der Waals surface area contributed by atoms with Crippen molar-refractivity contribution in [1.29, 1.82) is 0 Å². The van der Waals surface area contributed by atoms with E-state index in [4.69, 9.17) is 16.3 Å². The van der Waals surface area contributed by atoms with Gasteiger partial charge in [0.15, 0.2) is 0 Å². The number of nitrogens with one attached hydrogen (secondary N) is 1. The van der Waals surface area contributed by atoms with Crippen molar-refractivity contribution in [2.75, 3.05) is 24.7 Å². The van der Waals surface area contributed by atoms with Gasteiger partial charge in [0.25, 0.3) is 0 Å². The SMILES string of the molecule is COC1(CS(=O)(=O)N2Cc3ccc(Cl)cc3C(C(=O)Nc3cncc4ccc(C(C)(C)O)cc34)C2)CC1. The van der Waals surface area contributed by atoms with Gasteiger partial charge in [-0.25, -0.2) is 8.42 Å². The van der Waals surface area contributed by atoms with Crippen molar-refractivity contribution in [3.8, 4) is 0 Å². The molecule has 1 saturated carbocycles. The topological polar surface area (TPSA) is 109 Å². The number of hydrogen-bond donors (Lipinski definition) is 2. The van der Waals surface area contributed by atoms with Gasteiger partial charge in [0.2, 0.25) is 15.9 Å². The molecule has 0 bridgehead atoms. The fourth-order valence-electron chi connectivity index (χ4n) is 4.86. The van der Waals surface area contributed by atoms with Crippen LogP contribution in [0.2, 0.25) is 5.02 Å². The first kappa shape index (κ1) is 26.1. The minimum Gasteiger partial charge on any atom is -0.386 e. The van der Waals surface area contributed by atoms with E-state index in [-0.39, 0.29) is 24.7 Å². The molecule has 37 heavy (non-hydrogen) atoms. The first-order valence-electron chi connectivity index (χ1n) is 12.1. The van der Waals surface area contributed by atoms with Gasteiger partial charge in [-0.1, -0.05) is 29.8 Å². The smallest absolute Gasteiger partial charge is 0.233 e. The summed E-state index contributed by atoms with van der Waals surface area (Å²) in [6.07, 6.45) is 4.65. The van der Waals surface area contributed by atoms with Crippen molar-refractivity contribution < 1.29 is 23.1 Å². The number of carbonyl (C=O) groups is 1. The van der Waals surface area contributed by atoms with E-state index in [1.54, 1.807) is 44.4 Å². The number of amides is 1. The molecular weight excluding hydrogens is 514 g/mol. The predicted octanol–water partition coefficient (Wildman–Crippen LogP) is 4.16. The quantitative estimate of drug-likeness (QED) is 0.463. The lowest BCUT2D eigenvalue weighted by Crippen LogP contribution is -2.45. The molecule has 0 radical (unpaired) electrons. The number of aliphatic hydroxyl groups is 1. The summed E-state index contributed by atoms with van der Waals surface area (Å²) < 4.78 is 33.6. The van der Waals surface area contributed by atoms with E-state index < -0.39 is 27.1 Å². The highest BCUT2D eigenvalue weighted by molar-refractivity contribution is 7.89. The van der Waals surface area contributed by atoms with Crippen LogP contribution in [0.1, 0.15) is 49.3 Å². The number of aromatic nitrogens is 1. The van der Waals surface area contributed by atoms with E-state index in [1.165, 1.54) is 11.4 Å². The van der Waals surface area contributed by atoms with E-state index in [2.05, 4.69) is 10.3 Å². The Balaban J connectivity index is 1.48. The summed E-state index contributed by atoms with van der Waals surface area (Å²) in [5.74, 6) is -1.25. The highest BCUT2D eigenvalue weighted by Crippen LogP contribution is 2.42. The van der Waals surface area contributed by atoms with Gasteiger partial charge in [-0.05, 0) is 61.6 Å². The van der Waals surface area contributed by atoms with E-state index in [1.807, 2.05) is 18.2 Å². The normalized spacial score (nSPS) is 19.4. The van der Waals surface area contributed by atoms with Crippen LogP contribution in [0.15, 0.2) is 48.8 Å². The van der Waals surface area contributed by atoms with Crippen LogP contribution in [0.4, 0.5) is 5.69 Å². The molecular formula is C27H30ClN3O5S. The summed E-state index contributed by atoms with van der Waals surface area (Å²) in [5.41, 5.74) is 0.920. The third kappa shape index (κ3) is 5.24. The average molecular weight is 544 g/mol. The van der Waals surface area contributed by atoms with Crippen molar-refractivity contribution in [2.45, 2.75) is 50.4 Å². The lowest BCUT2D eigenvalue weighted by Gasteiger charge is -2.34. The molecule has 2 N–H and O–H groups in total. The highest BCUT2D eigenvalue weighted by Gasteiger charge is 2.49. The van der Waals surface area contributed by atoms with Crippen molar-refractivity contribution in [3.63, 3.8) is 0 Å². The average Bonchev–Trinajstić information content (AvgIpc) is 3.61. The van der Waals surface area contributed by atoms with Crippen molar-refractivity contribution in [1.82, 2.24) is 9.29 Å². The van der Waals surface area contributed by atoms with Gasteiger partial charge in [0, 0.05) is 42.2 Å². The van der Waals surface area contributed by atoms with E-state index in [0.717, 1.165) is 16.3 Å². The Morgan fingerprint density at radius 3 is 2.68 bits per heavy atom. The Labute approximate surface area is 221 Å². The van der Waals surface area contributed by atoms with E-state index >= 15 is 0 Å². The predicted molar refractivity (Wildman–Crippen MR) is 143 cm³/mol. The number of sulfonamides is 1. The number of nitrogens with zero attached hydrogens (tertiary/aromatic N) is 2. The third-order valence-electron chi connectivity index (χ3n) is 7.34. The summed E-state index contributed by atoms with van der Waals surface area (Å²) in [6.45, 7) is 3.55. The third-order valence-corrected chi connectivity index (χ3v) is 9.53. The number of benzene rings is 2. The van der Waals surface area contributed by atoms with Crippen LogP contribution in [-0.4, -0.2) is 53.7 Å². The molecule has 8 nitrogen and oxygen atoms in total. The Hall–Kier alpha value is -2.56. The molecule has 1 aromatic heterocycles. The maximum atomic E-state index is 13.7. The van der Waals surface area contributed by atoms with Crippen molar-refractivity contribution in [2.24, 2.45) is 0 Å². The summed E-state index contributed by atoms with van der Waals surface area (Å²) in [4.78, 5) is 18.0. The zero-order chi connectivity index (χ0) is 26.6. The minimum absolute atomic E-state index is 0.00554. The first-order valence-corrected chi connectivity index (χ1v) is 14.1. The summed E-state index contributed by atoms with van der Waals surface area (Å²) in [5, 5.41) is 15.5. The molecule has 1 aliphatic heterocycles. The molecule has 0 saturated heterocycles. The molecule has 1 amide bonds. The first-order chi connectivity index (χ1) is 17.4. The van der Waals surface area contributed by atoms with Gasteiger partial charge in [0.05, 0.1) is 34.8 Å². The Morgan fingerprint density at radius 2 is 2.00 bits per heavy atom. The van der Waals surface area contributed by atoms with Crippen molar-refractivity contribution >= 4 is 44.0 Å². The molecule has 2 aromatic carbocycles. The highest BCUT2D eigenvalue weighted by atomic mass is 35.5. The number of ether oxygens (including phenoxy) is 1. The molecule has 10 heteroatoms. The van der Waals surface area contributed by atoms with Gasteiger partial charge in [-0.3, -0.25) is 9.78 Å². The number of methoxy groups -OCH3 is 1. The van der Waals surface area contributed by atoms with Gasteiger partial charge >= 0.3 is 0 Å². The zero-order valence-electron chi connectivity index (χ0n) is 21.0. The van der Waals surface area contributed by atoms with Gasteiger partial charge < -0.3 is 15.2 Å². The number of fused-ring (bicyclic) bond motifs is 2. The molecule has 1 fully saturated rings. The molecule has 196 valence electrons. The number of rotatable bonds is 7. The van der Waals surface area contributed by atoms with Crippen molar-refractivity contribution in [3.05, 3.63) is 70.5 Å². The Bertz CT molecular complexity index is 1480. The molecule has 1 unspecified atom stereocenters. The minimum atomic E-state index is -3.68. The summed E-state index contributed by atoms with van der Waals surface area (Å²) >= 11 is 6.27. The van der Waals surface area contributed by atoms with Crippen LogP contribution in [0.25, 0.3) is 10.8 Å². The van der Waals surface area contributed by atoms with Gasteiger partial charge in [0.1, 0.15) is 0 Å². The standard InChI is InChI=1S/C27H30ClN3O5S/c1-26(2,33)19-6-4-17-12-29-13-24(22(17)10-19)30-25(32)23-15-31(14-18-5-7-20(28)11-21(18)23)37(34,35)16-27(36-3)8-9-27/h4-7,10-13,23,33H,8-9,14-16H2,1-3H3,(H,30,32). The van der Waals surface area contributed by atoms with Crippen LogP contribution in [0.5, 0.6) is 0 Å². The van der Waals surface area contributed by atoms with Crippen LogP contribution < -0.4 is 5.32 Å². The second-order valence-electron chi connectivity index (χ2n) is 10.5. The van der Waals surface area contributed by atoms with E-state index in [9.17, 15) is 18.3 Å².